The van der Waals surface area contributed by atoms with Gasteiger partial charge in [-0.15, -0.1) is 0 Å². The molecule has 1 atom stereocenters. The second-order valence-electron chi connectivity index (χ2n) is 0.806. The molecule has 0 N–H and O–H groups in total. The average molecular weight is 232 g/mol. The molecular formula is C2HIO3S. The highest BCUT2D eigenvalue weighted by Gasteiger charge is 2.10. The maximum Gasteiger partial charge on any atom is 0.417 e. The summed E-state index contributed by atoms with van der Waals surface area (Å²) >= 11 is 0.315. The number of hydrogen-bond acceptors (Lipinski definition) is 3. The predicted octanol–water partition coefficient (Wildman–Crippen LogP) is 0.846. The van der Waals surface area contributed by atoms with Gasteiger partial charge in [-0.1, -0.05) is 0 Å². The molecule has 0 saturated heterocycles. The lowest BCUT2D eigenvalue weighted by Crippen LogP contribution is -1.82. The minimum atomic E-state index is -1.55. The Hall–Kier alpha value is 0.220. The molecule has 3 nitrogen and oxygen atoms in total. The first-order chi connectivity index (χ1) is 3.29. The van der Waals surface area contributed by atoms with Gasteiger partial charge in [0.25, 0.3) is 0 Å². The maximum absolute atomic E-state index is 10.1. The standard InChI is InChI=1S/C2HIO3S/c3-2-1-5-7(4)6-2/h1H. The fraction of sp³-hybridized carbons (Fsp3) is 0. The van der Waals surface area contributed by atoms with E-state index >= 15 is 0 Å². The summed E-state index contributed by atoms with van der Waals surface area (Å²) in [6, 6.07) is 0. The van der Waals surface area contributed by atoms with Crippen LogP contribution in [0.2, 0.25) is 0 Å². The molecule has 0 amide bonds. The van der Waals surface area contributed by atoms with E-state index in [1.165, 1.54) is 6.26 Å². The van der Waals surface area contributed by atoms with Gasteiger partial charge < -0.3 is 8.37 Å². The molecule has 0 aromatic heterocycles. The fourth-order valence-electron chi connectivity index (χ4n) is 0.181. The van der Waals surface area contributed by atoms with Crippen molar-refractivity contribution < 1.29 is 12.6 Å². The highest BCUT2D eigenvalue weighted by Crippen LogP contribution is 2.16. The minimum Gasteiger partial charge on any atom is -0.375 e. The van der Waals surface area contributed by atoms with Crippen LogP contribution < -0.4 is 0 Å². The van der Waals surface area contributed by atoms with Crippen LogP contribution in [0.4, 0.5) is 0 Å². The smallest absolute Gasteiger partial charge is 0.375 e. The third-order valence-electron chi connectivity index (χ3n) is 0.367. The molecule has 5 heteroatoms. The van der Waals surface area contributed by atoms with Crippen molar-refractivity contribution in [2.75, 3.05) is 0 Å². The van der Waals surface area contributed by atoms with E-state index in [0.29, 0.717) is 3.77 Å². The number of hydrogen-bond donors (Lipinski definition) is 0. The maximum atomic E-state index is 10.1. The first-order valence-electron chi connectivity index (χ1n) is 1.42. The second-order valence-corrected chi connectivity index (χ2v) is 2.64. The molecule has 0 aromatic rings. The summed E-state index contributed by atoms with van der Waals surface area (Å²) in [6.45, 7) is 0. The zero-order valence-corrected chi connectivity index (χ0v) is 6.06. The highest BCUT2D eigenvalue weighted by molar-refractivity contribution is 14.1. The van der Waals surface area contributed by atoms with Crippen LogP contribution in [0.1, 0.15) is 0 Å². The molecule has 0 radical (unpaired) electrons. The molecule has 1 aliphatic heterocycles. The van der Waals surface area contributed by atoms with E-state index in [4.69, 9.17) is 0 Å². The van der Waals surface area contributed by atoms with Crippen LogP contribution in [0, 0.1) is 0 Å². The summed E-state index contributed by atoms with van der Waals surface area (Å²) < 4.78 is 19.4. The van der Waals surface area contributed by atoms with Crippen LogP contribution in [0.3, 0.4) is 0 Å². The zero-order chi connectivity index (χ0) is 5.28. The molecule has 1 aliphatic rings. The normalized spacial score (nSPS) is 28.1. The SMILES string of the molecule is O=S1OC=C(I)O1. The lowest BCUT2D eigenvalue weighted by Gasteiger charge is -1.83. The summed E-state index contributed by atoms with van der Waals surface area (Å²) in [5.74, 6) is 0. The van der Waals surface area contributed by atoms with Crippen molar-refractivity contribution in [2.45, 2.75) is 0 Å². The van der Waals surface area contributed by atoms with E-state index in [2.05, 4.69) is 8.37 Å². The van der Waals surface area contributed by atoms with Crippen molar-refractivity contribution in [1.82, 2.24) is 0 Å². The molecule has 0 fully saturated rings. The second kappa shape index (κ2) is 1.99. The minimum absolute atomic E-state index is 0.524. The molecule has 0 aromatic carbocycles. The third kappa shape index (κ3) is 1.30. The molecule has 1 rings (SSSR count). The quantitative estimate of drug-likeness (QED) is 0.580. The molecular weight excluding hydrogens is 231 g/mol. The Kier molecular flexibility index (Phi) is 1.53. The van der Waals surface area contributed by atoms with Gasteiger partial charge in [-0.2, -0.15) is 4.21 Å². The van der Waals surface area contributed by atoms with Crippen molar-refractivity contribution in [3.05, 3.63) is 10.0 Å². The van der Waals surface area contributed by atoms with Gasteiger partial charge in [-0.25, -0.2) is 0 Å². The van der Waals surface area contributed by atoms with E-state index in [-0.39, 0.29) is 0 Å². The first-order valence-corrected chi connectivity index (χ1v) is 3.50. The van der Waals surface area contributed by atoms with Crippen molar-refractivity contribution in [2.24, 2.45) is 0 Å². The van der Waals surface area contributed by atoms with Crippen LogP contribution in [-0.2, 0) is 19.7 Å². The Morgan fingerprint density at radius 3 is 2.71 bits per heavy atom. The molecule has 7 heavy (non-hydrogen) atoms. The molecule has 0 saturated carbocycles. The predicted molar refractivity (Wildman–Crippen MR) is 32.4 cm³/mol. The van der Waals surface area contributed by atoms with Gasteiger partial charge in [-0.05, 0) is 0 Å². The number of halogens is 1. The van der Waals surface area contributed by atoms with Gasteiger partial charge in [0.15, 0.2) is 6.26 Å². The Labute approximate surface area is 56.7 Å². The van der Waals surface area contributed by atoms with Gasteiger partial charge in [0.1, 0.15) is 0 Å². The largest absolute Gasteiger partial charge is 0.417 e. The van der Waals surface area contributed by atoms with Gasteiger partial charge in [0.2, 0.25) is 3.77 Å². The molecule has 40 valence electrons. The van der Waals surface area contributed by atoms with Crippen molar-refractivity contribution in [1.29, 1.82) is 0 Å². The summed E-state index contributed by atoms with van der Waals surface area (Å²) in [5, 5.41) is 0. The summed E-state index contributed by atoms with van der Waals surface area (Å²) in [7, 11) is 0. The fourth-order valence-corrected chi connectivity index (χ4v) is 1.30. The number of rotatable bonds is 0. The lowest BCUT2D eigenvalue weighted by atomic mass is 11.1. The highest BCUT2D eigenvalue weighted by atomic mass is 127. The van der Waals surface area contributed by atoms with Crippen LogP contribution >= 0.6 is 22.6 Å². The van der Waals surface area contributed by atoms with Crippen LogP contribution in [-0.4, -0.2) is 4.21 Å². The van der Waals surface area contributed by atoms with E-state index in [9.17, 15) is 4.21 Å². The van der Waals surface area contributed by atoms with Crippen molar-refractivity contribution >= 4 is 34.0 Å². The summed E-state index contributed by atoms with van der Waals surface area (Å²) in [5.41, 5.74) is 0. The lowest BCUT2D eigenvalue weighted by molar-refractivity contribution is 0.448. The Morgan fingerprint density at radius 1 is 1.86 bits per heavy atom. The van der Waals surface area contributed by atoms with Gasteiger partial charge in [-0.3, -0.25) is 0 Å². The third-order valence-corrected chi connectivity index (χ3v) is 1.71. The van der Waals surface area contributed by atoms with E-state index in [1.807, 2.05) is 22.6 Å². The molecule has 1 unspecified atom stereocenters. The summed E-state index contributed by atoms with van der Waals surface area (Å²) in [6.07, 6.45) is 1.30. The molecule has 1 heterocycles. The van der Waals surface area contributed by atoms with Crippen LogP contribution in [0.5, 0.6) is 0 Å². The van der Waals surface area contributed by atoms with E-state index in [0.717, 1.165) is 0 Å². The Balaban J connectivity index is 2.58. The Bertz CT molecular complexity index is 131. The topological polar surface area (TPSA) is 35.5 Å². The van der Waals surface area contributed by atoms with E-state index < -0.39 is 11.4 Å². The molecule has 0 aliphatic carbocycles. The zero-order valence-electron chi connectivity index (χ0n) is 3.09. The van der Waals surface area contributed by atoms with Crippen LogP contribution in [0.15, 0.2) is 10.0 Å². The van der Waals surface area contributed by atoms with Gasteiger partial charge in [0, 0.05) is 22.6 Å². The van der Waals surface area contributed by atoms with Gasteiger partial charge in [0.05, 0.1) is 0 Å². The Morgan fingerprint density at radius 2 is 2.57 bits per heavy atom. The van der Waals surface area contributed by atoms with Crippen LogP contribution in [0.25, 0.3) is 0 Å². The summed E-state index contributed by atoms with van der Waals surface area (Å²) in [4.78, 5) is 0. The van der Waals surface area contributed by atoms with Gasteiger partial charge >= 0.3 is 11.4 Å². The first kappa shape index (κ1) is 5.36. The van der Waals surface area contributed by atoms with E-state index in [1.54, 1.807) is 0 Å². The average Bonchev–Trinajstić information content (AvgIpc) is 1.87. The van der Waals surface area contributed by atoms with Crippen molar-refractivity contribution in [3.63, 3.8) is 0 Å². The van der Waals surface area contributed by atoms with Crippen molar-refractivity contribution in [3.8, 4) is 0 Å². The monoisotopic (exact) mass is 232 g/mol. The molecule has 0 bridgehead atoms. The molecule has 0 spiro atoms.